The van der Waals surface area contributed by atoms with Gasteiger partial charge in [0.15, 0.2) is 0 Å². The van der Waals surface area contributed by atoms with Crippen LogP contribution in [0.25, 0.3) is 0 Å². The second kappa shape index (κ2) is 6.07. The standard InChI is InChI=1S/C20H22O3/c1-20(2)10-9-16-11-15(5-8-19(16)23-20)13-18(22)12-14-3-6-17(21)7-4-14/h3-8,11,21H,9-10,12-13H2,1-2H3. The first-order chi connectivity index (χ1) is 10.9. The van der Waals surface area contributed by atoms with Gasteiger partial charge in [-0.15, -0.1) is 0 Å². The van der Waals surface area contributed by atoms with Gasteiger partial charge in [0.05, 0.1) is 0 Å². The highest BCUT2D eigenvalue weighted by Crippen LogP contribution is 2.33. The fourth-order valence-electron chi connectivity index (χ4n) is 2.95. The number of hydrogen-bond acceptors (Lipinski definition) is 3. The third-order valence-corrected chi connectivity index (χ3v) is 4.25. The number of aryl methyl sites for hydroxylation is 1. The molecular formula is C20H22O3. The molecule has 3 nitrogen and oxygen atoms in total. The minimum absolute atomic E-state index is 0.108. The third kappa shape index (κ3) is 3.92. The van der Waals surface area contributed by atoms with Crippen molar-refractivity contribution in [3.63, 3.8) is 0 Å². The zero-order valence-corrected chi connectivity index (χ0v) is 13.6. The number of ether oxygens (including phenoxy) is 1. The van der Waals surface area contributed by atoms with Gasteiger partial charge in [0, 0.05) is 12.8 Å². The first kappa shape index (κ1) is 15.6. The highest BCUT2D eigenvalue weighted by atomic mass is 16.5. The van der Waals surface area contributed by atoms with Crippen LogP contribution >= 0.6 is 0 Å². The lowest BCUT2D eigenvalue weighted by atomic mass is 9.92. The fourth-order valence-corrected chi connectivity index (χ4v) is 2.95. The number of ketones is 1. The van der Waals surface area contributed by atoms with Crippen LogP contribution in [0, 0.1) is 0 Å². The molecule has 3 heteroatoms. The molecule has 0 saturated heterocycles. The molecule has 120 valence electrons. The van der Waals surface area contributed by atoms with Gasteiger partial charge in [-0.3, -0.25) is 4.79 Å². The molecule has 2 aromatic carbocycles. The number of phenols is 1. The monoisotopic (exact) mass is 310 g/mol. The van der Waals surface area contributed by atoms with E-state index in [0.717, 1.165) is 29.7 Å². The number of carbonyl (C=O) groups is 1. The predicted molar refractivity (Wildman–Crippen MR) is 90.0 cm³/mol. The van der Waals surface area contributed by atoms with Gasteiger partial charge in [-0.1, -0.05) is 24.3 Å². The van der Waals surface area contributed by atoms with Crippen molar-refractivity contribution in [3.05, 3.63) is 59.2 Å². The van der Waals surface area contributed by atoms with Crippen LogP contribution in [0.3, 0.4) is 0 Å². The van der Waals surface area contributed by atoms with Gasteiger partial charge in [-0.05, 0) is 61.6 Å². The Morgan fingerprint density at radius 3 is 2.48 bits per heavy atom. The summed E-state index contributed by atoms with van der Waals surface area (Å²) >= 11 is 0. The Hall–Kier alpha value is -2.29. The molecule has 0 amide bonds. The number of aromatic hydroxyl groups is 1. The molecule has 3 rings (SSSR count). The maximum Gasteiger partial charge on any atom is 0.141 e. The van der Waals surface area contributed by atoms with Crippen LogP contribution < -0.4 is 4.74 Å². The van der Waals surface area contributed by atoms with E-state index >= 15 is 0 Å². The summed E-state index contributed by atoms with van der Waals surface area (Å²) in [6, 6.07) is 12.9. The molecule has 0 fully saturated rings. The minimum Gasteiger partial charge on any atom is -0.508 e. The minimum atomic E-state index is -0.108. The van der Waals surface area contributed by atoms with E-state index in [4.69, 9.17) is 4.74 Å². The van der Waals surface area contributed by atoms with Gasteiger partial charge >= 0.3 is 0 Å². The van der Waals surface area contributed by atoms with Crippen molar-refractivity contribution in [3.8, 4) is 11.5 Å². The predicted octanol–water partition coefficient (Wildman–Crippen LogP) is 3.85. The van der Waals surface area contributed by atoms with Crippen molar-refractivity contribution in [2.45, 2.75) is 45.1 Å². The molecular weight excluding hydrogens is 288 g/mol. The number of carbonyl (C=O) groups excluding carboxylic acids is 1. The first-order valence-electron chi connectivity index (χ1n) is 8.02. The van der Waals surface area contributed by atoms with Crippen molar-refractivity contribution in [2.24, 2.45) is 0 Å². The molecule has 0 radical (unpaired) electrons. The molecule has 0 spiro atoms. The van der Waals surface area contributed by atoms with E-state index in [1.807, 2.05) is 12.1 Å². The number of rotatable bonds is 4. The Balaban J connectivity index is 1.66. The molecule has 0 unspecified atom stereocenters. The molecule has 0 bridgehead atoms. The van der Waals surface area contributed by atoms with E-state index in [1.54, 1.807) is 24.3 Å². The van der Waals surface area contributed by atoms with Gasteiger partial charge < -0.3 is 9.84 Å². The lowest BCUT2D eigenvalue weighted by molar-refractivity contribution is -0.117. The molecule has 0 saturated carbocycles. The van der Waals surface area contributed by atoms with Gasteiger partial charge in [0.2, 0.25) is 0 Å². The summed E-state index contributed by atoms with van der Waals surface area (Å²) in [5, 5.41) is 9.28. The molecule has 1 aliphatic rings. The second-order valence-corrected chi connectivity index (χ2v) is 6.86. The summed E-state index contributed by atoms with van der Waals surface area (Å²) in [6.45, 7) is 4.20. The second-order valence-electron chi connectivity index (χ2n) is 6.86. The average Bonchev–Trinajstić information content (AvgIpc) is 2.49. The Labute approximate surface area is 136 Å². The summed E-state index contributed by atoms with van der Waals surface area (Å²) in [4.78, 5) is 12.2. The van der Waals surface area contributed by atoms with Gasteiger partial charge in [-0.2, -0.15) is 0 Å². The van der Waals surface area contributed by atoms with Crippen LogP contribution in [-0.2, 0) is 24.1 Å². The number of benzene rings is 2. The van der Waals surface area contributed by atoms with Crippen molar-refractivity contribution in [1.82, 2.24) is 0 Å². The summed E-state index contributed by atoms with van der Waals surface area (Å²) < 4.78 is 5.98. The van der Waals surface area contributed by atoms with Crippen LogP contribution in [0.5, 0.6) is 11.5 Å². The summed E-state index contributed by atoms with van der Waals surface area (Å²) in [6.07, 6.45) is 2.80. The molecule has 0 atom stereocenters. The van der Waals surface area contributed by atoms with E-state index in [1.165, 1.54) is 5.56 Å². The van der Waals surface area contributed by atoms with Crippen LogP contribution in [0.4, 0.5) is 0 Å². The number of hydrogen-bond donors (Lipinski definition) is 1. The van der Waals surface area contributed by atoms with Gasteiger partial charge in [0.1, 0.15) is 22.9 Å². The van der Waals surface area contributed by atoms with Crippen molar-refractivity contribution in [2.75, 3.05) is 0 Å². The molecule has 1 aliphatic heterocycles. The third-order valence-electron chi connectivity index (χ3n) is 4.25. The van der Waals surface area contributed by atoms with E-state index < -0.39 is 0 Å². The topological polar surface area (TPSA) is 46.5 Å². The zero-order valence-electron chi connectivity index (χ0n) is 13.6. The van der Waals surface area contributed by atoms with Gasteiger partial charge in [0.25, 0.3) is 0 Å². The largest absolute Gasteiger partial charge is 0.508 e. The Kier molecular flexibility index (Phi) is 4.12. The molecule has 2 aromatic rings. The zero-order chi connectivity index (χ0) is 16.4. The van der Waals surface area contributed by atoms with Crippen LogP contribution in [0.15, 0.2) is 42.5 Å². The smallest absolute Gasteiger partial charge is 0.141 e. The normalized spacial score (nSPS) is 15.6. The van der Waals surface area contributed by atoms with Gasteiger partial charge in [-0.25, -0.2) is 0 Å². The van der Waals surface area contributed by atoms with Crippen molar-refractivity contribution >= 4 is 5.78 Å². The van der Waals surface area contributed by atoms with Crippen molar-refractivity contribution in [1.29, 1.82) is 0 Å². The summed E-state index contributed by atoms with van der Waals surface area (Å²) in [5.74, 6) is 1.34. The SMILES string of the molecule is CC1(C)CCc2cc(CC(=O)Cc3ccc(O)cc3)ccc2O1. The van der Waals surface area contributed by atoms with Crippen molar-refractivity contribution < 1.29 is 14.6 Å². The number of phenolic OH excluding ortho intramolecular Hbond substituents is 1. The molecule has 0 aliphatic carbocycles. The molecule has 1 heterocycles. The maximum absolute atomic E-state index is 12.2. The Bertz CT molecular complexity index is 714. The molecule has 23 heavy (non-hydrogen) atoms. The van der Waals surface area contributed by atoms with Crippen LogP contribution in [0.1, 0.15) is 37.0 Å². The van der Waals surface area contributed by atoms with E-state index in [9.17, 15) is 9.90 Å². The lowest BCUT2D eigenvalue weighted by Gasteiger charge is -2.32. The fraction of sp³-hybridized carbons (Fsp3) is 0.350. The first-order valence-corrected chi connectivity index (χ1v) is 8.02. The van der Waals surface area contributed by atoms with E-state index in [0.29, 0.717) is 12.8 Å². The summed E-state index contributed by atoms with van der Waals surface area (Å²) in [5.41, 5.74) is 3.05. The Morgan fingerprint density at radius 2 is 1.74 bits per heavy atom. The highest BCUT2D eigenvalue weighted by Gasteiger charge is 2.26. The van der Waals surface area contributed by atoms with E-state index in [2.05, 4.69) is 19.9 Å². The average molecular weight is 310 g/mol. The number of Topliss-reactive ketones (excluding diaryl/α,β-unsaturated/α-hetero) is 1. The molecule has 1 N–H and O–H groups in total. The quantitative estimate of drug-likeness (QED) is 0.933. The van der Waals surface area contributed by atoms with Crippen LogP contribution in [0.2, 0.25) is 0 Å². The highest BCUT2D eigenvalue weighted by molar-refractivity contribution is 5.83. The molecule has 0 aromatic heterocycles. The number of fused-ring (bicyclic) bond motifs is 1. The lowest BCUT2D eigenvalue weighted by Crippen LogP contribution is -2.32. The maximum atomic E-state index is 12.2. The van der Waals surface area contributed by atoms with Crippen LogP contribution in [-0.4, -0.2) is 16.5 Å². The summed E-state index contributed by atoms with van der Waals surface area (Å²) in [7, 11) is 0. The Morgan fingerprint density at radius 1 is 1.09 bits per heavy atom. The van der Waals surface area contributed by atoms with E-state index in [-0.39, 0.29) is 17.1 Å².